The van der Waals surface area contributed by atoms with Crippen molar-refractivity contribution in [3.8, 4) is 0 Å². The molecule has 8 heteroatoms. The van der Waals surface area contributed by atoms with Crippen LogP contribution in [0.2, 0.25) is 0 Å². The molecule has 2 heterocycles. The number of anilines is 1. The van der Waals surface area contributed by atoms with Crippen molar-refractivity contribution in [3.63, 3.8) is 0 Å². The van der Waals surface area contributed by atoms with Crippen molar-refractivity contribution in [1.82, 2.24) is 9.88 Å². The smallest absolute Gasteiger partial charge is 0.367 e. The van der Waals surface area contributed by atoms with Gasteiger partial charge in [0, 0.05) is 49.2 Å². The molecule has 1 fully saturated rings. The minimum absolute atomic E-state index is 0.377. The molecular formula is C23H23F4N3S. The lowest BCUT2D eigenvalue weighted by Crippen LogP contribution is -2.46. The molecule has 3 nitrogen and oxygen atoms in total. The summed E-state index contributed by atoms with van der Waals surface area (Å²) in [4.78, 5) is 9.19. The van der Waals surface area contributed by atoms with E-state index in [1.54, 1.807) is 19.2 Å². The number of nitrogens with zero attached hydrogens (tertiary/aromatic N) is 3. The second-order valence-corrected chi connectivity index (χ2v) is 8.75. The standard InChI is InChI=1S/C23H23F4N3S/c1-16-12-19(24)20(13-21(16)31-15-23(25,26)27)30-10-8-29(9-11-30)14-18-5-2-4-17-6-3-7-28-22(17)18/h2-7,12-13H,8-11,14-15H2,1H3. The Morgan fingerprint density at radius 1 is 1.03 bits per heavy atom. The molecule has 31 heavy (non-hydrogen) atoms. The Balaban J connectivity index is 1.43. The molecule has 1 saturated heterocycles. The molecule has 2 aromatic carbocycles. The molecule has 0 radical (unpaired) electrons. The lowest BCUT2D eigenvalue weighted by molar-refractivity contribution is -0.105. The molecule has 1 aromatic heterocycles. The number of thioether (sulfide) groups is 1. The normalized spacial score (nSPS) is 15.6. The Bertz CT molecular complexity index is 1060. The number of aromatic nitrogens is 1. The molecule has 164 valence electrons. The highest BCUT2D eigenvalue weighted by Crippen LogP contribution is 2.34. The van der Waals surface area contributed by atoms with Gasteiger partial charge in [0.25, 0.3) is 0 Å². The molecular weight excluding hydrogens is 426 g/mol. The van der Waals surface area contributed by atoms with Crippen molar-refractivity contribution in [1.29, 1.82) is 0 Å². The summed E-state index contributed by atoms with van der Waals surface area (Å²) in [5, 5.41) is 1.10. The van der Waals surface area contributed by atoms with E-state index in [4.69, 9.17) is 0 Å². The molecule has 0 bridgehead atoms. The number of rotatable bonds is 5. The van der Waals surface area contributed by atoms with Gasteiger partial charge in [0.05, 0.1) is 17.0 Å². The predicted molar refractivity (Wildman–Crippen MR) is 117 cm³/mol. The van der Waals surface area contributed by atoms with Crippen LogP contribution in [0.1, 0.15) is 11.1 Å². The summed E-state index contributed by atoms with van der Waals surface area (Å²) in [5.41, 5.74) is 3.04. The first-order valence-corrected chi connectivity index (χ1v) is 11.1. The van der Waals surface area contributed by atoms with E-state index >= 15 is 0 Å². The molecule has 0 atom stereocenters. The van der Waals surface area contributed by atoms with Crippen LogP contribution in [-0.2, 0) is 6.54 Å². The maximum atomic E-state index is 14.6. The number of fused-ring (bicyclic) bond motifs is 1. The fraction of sp³-hybridized carbons (Fsp3) is 0.348. The van der Waals surface area contributed by atoms with E-state index in [-0.39, 0.29) is 5.82 Å². The highest BCUT2D eigenvalue weighted by molar-refractivity contribution is 7.99. The Morgan fingerprint density at radius 3 is 2.52 bits per heavy atom. The van der Waals surface area contributed by atoms with Crippen LogP contribution in [0.25, 0.3) is 10.9 Å². The molecule has 0 unspecified atom stereocenters. The van der Waals surface area contributed by atoms with Gasteiger partial charge in [-0.15, -0.1) is 11.8 Å². The van der Waals surface area contributed by atoms with E-state index in [0.29, 0.717) is 41.0 Å². The topological polar surface area (TPSA) is 19.4 Å². The quantitative estimate of drug-likeness (QED) is 0.370. The van der Waals surface area contributed by atoms with Gasteiger partial charge in [-0.05, 0) is 36.2 Å². The fourth-order valence-corrected chi connectivity index (χ4v) is 4.68. The number of benzene rings is 2. The number of halogens is 4. The Labute approximate surface area is 183 Å². The van der Waals surface area contributed by atoms with E-state index in [1.165, 1.54) is 6.07 Å². The van der Waals surface area contributed by atoms with Gasteiger partial charge in [0.15, 0.2) is 0 Å². The second-order valence-electron chi connectivity index (χ2n) is 7.73. The van der Waals surface area contributed by atoms with Crippen molar-refractivity contribution in [2.75, 3.05) is 36.8 Å². The minimum Gasteiger partial charge on any atom is -0.367 e. The van der Waals surface area contributed by atoms with Crippen molar-refractivity contribution in [2.24, 2.45) is 0 Å². The number of piperazine rings is 1. The average molecular weight is 450 g/mol. The largest absolute Gasteiger partial charge is 0.398 e. The van der Waals surface area contributed by atoms with Crippen molar-refractivity contribution < 1.29 is 17.6 Å². The number of hydrogen-bond acceptors (Lipinski definition) is 4. The van der Waals surface area contributed by atoms with Gasteiger partial charge in [-0.25, -0.2) is 4.39 Å². The van der Waals surface area contributed by atoms with Crippen molar-refractivity contribution in [3.05, 3.63) is 65.6 Å². The Hall–Kier alpha value is -2.32. The van der Waals surface area contributed by atoms with E-state index in [9.17, 15) is 17.6 Å². The van der Waals surface area contributed by atoms with Gasteiger partial charge in [-0.1, -0.05) is 24.3 Å². The zero-order valence-electron chi connectivity index (χ0n) is 17.1. The van der Waals surface area contributed by atoms with Gasteiger partial charge in [0.1, 0.15) is 5.82 Å². The van der Waals surface area contributed by atoms with Crippen LogP contribution in [0.3, 0.4) is 0 Å². The van der Waals surface area contributed by atoms with Crippen LogP contribution in [0.15, 0.2) is 53.6 Å². The Morgan fingerprint density at radius 2 is 1.77 bits per heavy atom. The fourth-order valence-electron chi connectivity index (χ4n) is 3.88. The van der Waals surface area contributed by atoms with Gasteiger partial charge >= 0.3 is 6.18 Å². The predicted octanol–water partition coefficient (Wildman–Crippen LogP) is 5.66. The molecule has 4 rings (SSSR count). The molecule has 0 spiro atoms. The van der Waals surface area contributed by atoms with Crippen LogP contribution >= 0.6 is 11.8 Å². The highest BCUT2D eigenvalue weighted by atomic mass is 32.2. The second kappa shape index (κ2) is 9.04. The van der Waals surface area contributed by atoms with E-state index in [2.05, 4.69) is 16.0 Å². The summed E-state index contributed by atoms with van der Waals surface area (Å²) in [5.74, 6) is -1.37. The van der Waals surface area contributed by atoms with Crippen molar-refractivity contribution >= 4 is 28.4 Å². The van der Waals surface area contributed by atoms with Crippen molar-refractivity contribution in [2.45, 2.75) is 24.5 Å². The van der Waals surface area contributed by atoms with Crippen LogP contribution in [-0.4, -0.2) is 48.0 Å². The molecule has 0 aliphatic carbocycles. The molecule has 0 N–H and O–H groups in total. The molecule has 1 aliphatic heterocycles. The van der Waals surface area contributed by atoms with Crippen LogP contribution in [0, 0.1) is 12.7 Å². The van der Waals surface area contributed by atoms with E-state index < -0.39 is 11.9 Å². The van der Waals surface area contributed by atoms with E-state index in [0.717, 1.165) is 36.1 Å². The van der Waals surface area contributed by atoms with Gasteiger partial charge < -0.3 is 4.90 Å². The zero-order chi connectivity index (χ0) is 22.0. The van der Waals surface area contributed by atoms with E-state index in [1.807, 2.05) is 29.2 Å². The molecule has 3 aromatic rings. The first-order chi connectivity index (χ1) is 14.8. The molecule has 0 saturated carbocycles. The van der Waals surface area contributed by atoms with Crippen LogP contribution in [0.4, 0.5) is 23.2 Å². The average Bonchev–Trinajstić information content (AvgIpc) is 2.73. The third kappa shape index (κ3) is 5.30. The molecule has 0 amide bonds. The molecule has 1 aliphatic rings. The summed E-state index contributed by atoms with van der Waals surface area (Å²) < 4.78 is 52.4. The number of alkyl halides is 3. The third-order valence-corrected chi connectivity index (χ3v) is 6.68. The maximum Gasteiger partial charge on any atom is 0.398 e. The number of pyridine rings is 1. The third-order valence-electron chi connectivity index (χ3n) is 5.46. The lowest BCUT2D eigenvalue weighted by Gasteiger charge is -2.36. The summed E-state index contributed by atoms with van der Waals surface area (Å²) in [6.45, 7) is 5.10. The summed E-state index contributed by atoms with van der Waals surface area (Å²) >= 11 is 0.709. The number of aryl methyl sites for hydroxylation is 1. The number of para-hydroxylation sites is 1. The maximum absolute atomic E-state index is 14.6. The zero-order valence-corrected chi connectivity index (χ0v) is 17.9. The van der Waals surface area contributed by atoms with Gasteiger partial charge in [0.2, 0.25) is 0 Å². The minimum atomic E-state index is -4.26. The highest BCUT2D eigenvalue weighted by Gasteiger charge is 2.28. The monoisotopic (exact) mass is 449 g/mol. The van der Waals surface area contributed by atoms with Gasteiger partial charge in [-0.2, -0.15) is 13.2 Å². The summed E-state index contributed by atoms with van der Waals surface area (Å²) in [6.07, 6.45) is -2.47. The van der Waals surface area contributed by atoms with Crippen LogP contribution in [0.5, 0.6) is 0 Å². The SMILES string of the molecule is Cc1cc(F)c(N2CCN(Cc3cccc4cccnc34)CC2)cc1SCC(F)(F)F. The number of hydrogen-bond donors (Lipinski definition) is 0. The lowest BCUT2D eigenvalue weighted by atomic mass is 10.1. The first kappa shape index (κ1) is 21.9. The summed E-state index contributed by atoms with van der Waals surface area (Å²) in [6, 6.07) is 13.0. The van der Waals surface area contributed by atoms with Crippen LogP contribution < -0.4 is 4.90 Å². The first-order valence-electron chi connectivity index (χ1n) is 10.1. The Kier molecular flexibility index (Phi) is 6.39. The van der Waals surface area contributed by atoms with Gasteiger partial charge in [-0.3, -0.25) is 9.88 Å². The summed E-state index contributed by atoms with van der Waals surface area (Å²) in [7, 11) is 0.